The molecule has 5 nitrogen and oxygen atoms in total. The van der Waals surface area contributed by atoms with Crippen molar-refractivity contribution in [3.05, 3.63) is 32.5 Å². The maximum absolute atomic E-state index is 13.3. The van der Waals surface area contributed by atoms with E-state index in [1.165, 1.54) is 6.07 Å². The van der Waals surface area contributed by atoms with Gasteiger partial charge in [-0.1, -0.05) is 0 Å². The zero-order valence-electron chi connectivity index (χ0n) is 11.1. The van der Waals surface area contributed by atoms with Crippen molar-refractivity contribution in [2.75, 3.05) is 25.5 Å². The highest BCUT2D eigenvalue weighted by atomic mass is 79.9. The molecule has 0 aromatic heterocycles. The highest BCUT2D eigenvalue weighted by molar-refractivity contribution is 9.10. The Labute approximate surface area is 120 Å². The molecule has 0 amide bonds. The van der Waals surface area contributed by atoms with E-state index < -0.39 is 10.7 Å². The largest absolute Gasteiger partial charge is 0.378 e. The number of likely N-dealkylation sites (N-methyl/N-ethyl adjacent to an activating group) is 1. The van der Waals surface area contributed by atoms with Crippen LogP contribution in [0.5, 0.6) is 0 Å². The van der Waals surface area contributed by atoms with Crippen LogP contribution in [-0.4, -0.2) is 36.0 Å². The van der Waals surface area contributed by atoms with Crippen molar-refractivity contribution in [1.82, 2.24) is 4.90 Å². The molecule has 1 aromatic carbocycles. The highest BCUT2D eigenvalue weighted by Crippen LogP contribution is 2.30. The predicted molar refractivity (Wildman–Crippen MR) is 77.0 cm³/mol. The lowest BCUT2D eigenvalue weighted by Gasteiger charge is -2.21. The quantitative estimate of drug-likeness (QED) is 0.641. The van der Waals surface area contributed by atoms with Crippen LogP contribution in [0.1, 0.15) is 13.8 Å². The summed E-state index contributed by atoms with van der Waals surface area (Å²) in [6.07, 6.45) is 0. The molecule has 0 heterocycles. The fourth-order valence-corrected chi connectivity index (χ4v) is 1.80. The first kappa shape index (κ1) is 15.8. The van der Waals surface area contributed by atoms with E-state index in [-0.39, 0.29) is 10.2 Å². The fourth-order valence-electron chi connectivity index (χ4n) is 1.45. The van der Waals surface area contributed by atoms with Crippen LogP contribution < -0.4 is 5.32 Å². The fraction of sp³-hybridized carbons (Fsp3) is 0.500. The van der Waals surface area contributed by atoms with Crippen LogP contribution in [-0.2, 0) is 0 Å². The zero-order chi connectivity index (χ0) is 14.6. The normalized spacial score (nSPS) is 11.1. The van der Waals surface area contributed by atoms with E-state index >= 15 is 0 Å². The first-order valence-corrected chi connectivity index (χ1v) is 6.69. The number of halogens is 2. The van der Waals surface area contributed by atoms with Gasteiger partial charge in [-0.2, -0.15) is 0 Å². The van der Waals surface area contributed by atoms with Gasteiger partial charge < -0.3 is 10.2 Å². The number of benzene rings is 1. The molecule has 0 aliphatic heterocycles. The SMILES string of the molecule is CC(C)N(C)CCNc1cc(Br)c(F)cc1[N+](=O)[O-]. The van der Waals surface area contributed by atoms with E-state index in [4.69, 9.17) is 0 Å². The molecule has 0 bridgehead atoms. The molecule has 0 aliphatic carbocycles. The van der Waals surface area contributed by atoms with E-state index in [0.717, 1.165) is 12.6 Å². The van der Waals surface area contributed by atoms with Crippen LogP contribution in [0.2, 0.25) is 0 Å². The molecule has 0 atom stereocenters. The minimum Gasteiger partial charge on any atom is -0.378 e. The van der Waals surface area contributed by atoms with E-state index in [9.17, 15) is 14.5 Å². The lowest BCUT2D eigenvalue weighted by atomic mass is 10.2. The van der Waals surface area contributed by atoms with Gasteiger partial charge in [-0.3, -0.25) is 10.1 Å². The molecule has 0 saturated carbocycles. The summed E-state index contributed by atoms with van der Waals surface area (Å²) in [7, 11) is 1.97. The van der Waals surface area contributed by atoms with Gasteiger partial charge >= 0.3 is 0 Å². The smallest absolute Gasteiger partial charge is 0.295 e. The second-order valence-corrected chi connectivity index (χ2v) is 5.40. The highest BCUT2D eigenvalue weighted by Gasteiger charge is 2.17. The van der Waals surface area contributed by atoms with Crippen LogP contribution in [0, 0.1) is 15.9 Å². The summed E-state index contributed by atoms with van der Waals surface area (Å²) in [5.74, 6) is -0.642. The van der Waals surface area contributed by atoms with Crippen molar-refractivity contribution in [1.29, 1.82) is 0 Å². The average molecular weight is 334 g/mol. The van der Waals surface area contributed by atoms with Crippen LogP contribution in [0.4, 0.5) is 15.8 Å². The third-order valence-corrected chi connectivity index (χ3v) is 3.50. The minimum atomic E-state index is -0.642. The second kappa shape index (κ2) is 6.81. The van der Waals surface area contributed by atoms with Gasteiger partial charge in [0.2, 0.25) is 0 Å². The van der Waals surface area contributed by atoms with Gasteiger partial charge in [0.15, 0.2) is 0 Å². The zero-order valence-corrected chi connectivity index (χ0v) is 12.7. The van der Waals surface area contributed by atoms with E-state index in [0.29, 0.717) is 18.3 Å². The van der Waals surface area contributed by atoms with Crippen molar-refractivity contribution in [3.8, 4) is 0 Å². The Kier molecular flexibility index (Phi) is 5.68. The molecule has 19 heavy (non-hydrogen) atoms. The third-order valence-electron chi connectivity index (χ3n) is 2.90. The molecule has 0 aliphatic rings. The van der Waals surface area contributed by atoms with Crippen molar-refractivity contribution < 1.29 is 9.31 Å². The van der Waals surface area contributed by atoms with Gasteiger partial charge in [-0.05, 0) is 42.9 Å². The number of rotatable bonds is 6. The van der Waals surface area contributed by atoms with Crippen molar-refractivity contribution in [2.45, 2.75) is 19.9 Å². The van der Waals surface area contributed by atoms with Crippen molar-refractivity contribution in [2.24, 2.45) is 0 Å². The molecule has 0 saturated heterocycles. The molecule has 0 radical (unpaired) electrons. The molecule has 0 unspecified atom stereocenters. The maximum Gasteiger partial charge on any atom is 0.295 e. The summed E-state index contributed by atoms with van der Waals surface area (Å²) in [5.41, 5.74) is 0.0586. The number of nitro groups is 1. The van der Waals surface area contributed by atoms with Crippen LogP contribution >= 0.6 is 15.9 Å². The Hall–Kier alpha value is -1.21. The Balaban J connectivity index is 2.77. The topological polar surface area (TPSA) is 58.4 Å². The standard InChI is InChI=1S/C12H17BrFN3O2/c1-8(2)16(3)5-4-15-11-6-9(13)10(14)7-12(11)17(18)19/h6-8,15H,4-5H2,1-3H3. The van der Waals surface area contributed by atoms with Gasteiger partial charge in [-0.25, -0.2) is 4.39 Å². The number of hydrogen-bond donors (Lipinski definition) is 1. The molecular weight excluding hydrogens is 317 g/mol. The first-order chi connectivity index (χ1) is 8.82. The average Bonchev–Trinajstić information content (AvgIpc) is 2.32. The first-order valence-electron chi connectivity index (χ1n) is 5.90. The number of hydrogen-bond acceptors (Lipinski definition) is 4. The van der Waals surface area contributed by atoms with Gasteiger partial charge in [0, 0.05) is 19.1 Å². The summed E-state index contributed by atoms with van der Waals surface area (Å²) < 4.78 is 13.5. The monoisotopic (exact) mass is 333 g/mol. The summed E-state index contributed by atoms with van der Waals surface area (Å²) in [6, 6.07) is 2.71. The lowest BCUT2D eigenvalue weighted by molar-refractivity contribution is -0.384. The third kappa shape index (κ3) is 4.43. The Bertz CT molecular complexity index is 469. The Morgan fingerprint density at radius 1 is 1.53 bits per heavy atom. The van der Waals surface area contributed by atoms with Gasteiger partial charge in [0.25, 0.3) is 5.69 Å². The minimum absolute atomic E-state index is 0.206. The van der Waals surface area contributed by atoms with E-state index in [1.807, 2.05) is 7.05 Å². The summed E-state index contributed by atoms with van der Waals surface area (Å²) in [4.78, 5) is 12.4. The molecule has 1 N–H and O–H groups in total. The van der Waals surface area contributed by atoms with E-state index in [2.05, 4.69) is 40.0 Å². The molecule has 7 heteroatoms. The molecule has 106 valence electrons. The number of nitro benzene ring substituents is 1. The van der Waals surface area contributed by atoms with Gasteiger partial charge in [0.1, 0.15) is 11.5 Å². The van der Waals surface area contributed by atoms with Gasteiger partial charge in [0.05, 0.1) is 15.5 Å². The summed E-state index contributed by atoms with van der Waals surface area (Å²) in [6.45, 7) is 5.42. The molecular formula is C12H17BrFN3O2. The van der Waals surface area contributed by atoms with Crippen LogP contribution in [0.15, 0.2) is 16.6 Å². The molecule has 1 aromatic rings. The van der Waals surface area contributed by atoms with Crippen LogP contribution in [0.3, 0.4) is 0 Å². The number of nitrogens with one attached hydrogen (secondary N) is 1. The van der Waals surface area contributed by atoms with Gasteiger partial charge in [-0.15, -0.1) is 0 Å². The molecule has 1 rings (SSSR count). The number of nitrogens with zero attached hydrogens (tertiary/aromatic N) is 2. The van der Waals surface area contributed by atoms with Crippen molar-refractivity contribution in [3.63, 3.8) is 0 Å². The maximum atomic E-state index is 13.3. The Morgan fingerprint density at radius 2 is 2.16 bits per heavy atom. The molecule has 0 spiro atoms. The number of anilines is 1. The second-order valence-electron chi connectivity index (χ2n) is 4.54. The summed E-state index contributed by atoms with van der Waals surface area (Å²) in [5, 5.41) is 13.8. The van der Waals surface area contributed by atoms with Crippen LogP contribution in [0.25, 0.3) is 0 Å². The predicted octanol–water partition coefficient (Wildman–Crippen LogP) is 3.25. The summed E-state index contributed by atoms with van der Waals surface area (Å²) >= 11 is 3.03. The van der Waals surface area contributed by atoms with Crippen molar-refractivity contribution >= 4 is 27.3 Å². The lowest BCUT2D eigenvalue weighted by Crippen LogP contribution is -2.31. The Morgan fingerprint density at radius 3 is 2.68 bits per heavy atom. The van der Waals surface area contributed by atoms with E-state index in [1.54, 1.807) is 0 Å². The molecule has 0 fully saturated rings.